The zero-order valence-electron chi connectivity index (χ0n) is 13.7. The molecule has 122 valence electrons. The molecule has 5 heteroatoms. The first-order valence-corrected chi connectivity index (χ1v) is 7.53. The number of aliphatic carboxylic acids is 1. The maximum atomic E-state index is 12.5. The summed E-state index contributed by atoms with van der Waals surface area (Å²) in [7, 11) is 0. The van der Waals surface area contributed by atoms with Gasteiger partial charge in [-0.05, 0) is 31.9 Å². The number of amides is 1. The van der Waals surface area contributed by atoms with Gasteiger partial charge in [-0.25, -0.2) is 0 Å². The molecule has 1 aromatic rings. The zero-order valence-corrected chi connectivity index (χ0v) is 13.7. The van der Waals surface area contributed by atoms with E-state index in [0.29, 0.717) is 12.3 Å². The number of carboxylic acids is 1. The Morgan fingerprint density at radius 1 is 1.18 bits per heavy atom. The van der Waals surface area contributed by atoms with Crippen LogP contribution < -0.4 is 4.74 Å². The second kappa shape index (κ2) is 8.41. The monoisotopic (exact) mass is 307 g/mol. The van der Waals surface area contributed by atoms with E-state index in [1.54, 1.807) is 11.8 Å². The number of nitrogens with zero attached hydrogens (tertiary/aromatic N) is 1. The second-order valence-electron chi connectivity index (χ2n) is 5.89. The van der Waals surface area contributed by atoms with E-state index >= 15 is 0 Å². The third-order valence-corrected chi connectivity index (χ3v) is 3.17. The molecule has 1 atom stereocenters. The Hall–Kier alpha value is -2.04. The van der Waals surface area contributed by atoms with Gasteiger partial charge < -0.3 is 14.7 Å². The van der Waals surface area contributed by atoms with E-state index in [4.69, 9.17) is 9.84 Å². The summed E-state index contributed by atoms with van der Waals surface area (Å²) in [4.78, 5) is 24.8. The van der Waals surface area contributed by atoms with Gasteiger partial charge in [0.05, 0.1) is 6.42 Å². The van der Waals surface area contributed by atoms with Gasteiger partial charge in [0.15, 0.2) is 6.10 Å². The van der Waals surface area contributed by atoms with Gasteiger partial charge in [-0.15, -0.1) is 0 Å². The third-order valence-electron chi connectivity index (χ3n) is 3.17. The summed E-state index contributed by atoms with van der Waals surface area (Å²) in [5.41, 5.74) is 1.12. The van der Waals surface area contributed by atoms with Gasteiger partial charge in [-0.2, -0.15) is 0 Å². The zero-order chi connectivity index (χ0) is 16.7. The largest absolute Gasteiger partial charge is 0.481 e. The van der Waals surface area contributed by atoms with Gasteiger partial charge >= 0.3 is 5.97 Å². The molecule has 22 heavy (non-hydrogen) atoms. The Labute approximate surface area is 131 Å². The molecule has 0 heterocycles. The van der Waals surface area contributed by atoms with Crippen molar-refractivity contribution in [2.24, 2.45) is 5.92 Å². The smallest absolute Gasteiger partial charge is 0.305 e. The van der Waals surface area contributed by atoms with Crippen molar-refractivity contribution in [3.8, 4) is 5.75 Å². The molecule has 1 rings (SSSR count). The topological polar surface area (TPSA) is 66.8 Å². The first-order valence-electron chi connectivity index (χ1n) is 7.53. The average molecular weight is 307 g/mol. The van der Waals surface area contributed by atoms with Gasteiger partial charge in [0.1, 0.15) is 5.75 Å². The summed E-state index contributed by atoms with van der Waals surface area (Å²) in [6, 6.07) is 7.48. The van der Waals surface area contributed by atoms with Gasteiger partial charge in [0, 0.05) is 13.1 Å². The maximum Gasteiger partial charge on any atom is 0.305 e. The number of carbonyl (C=O) groups excluding carboxylic acids is 1. The fourth-order valence-corrected chi connectivity index (χ4v) is 2.09. The highest BCUT2D eigenvalue weighted by Crippen LogP contribution is 2.15. The van der Waals surface area contributed by atoms with E-state index in [2.05, 4.69) is 0 Å². The summed E-state index contributed by atoms with van der Waals surface area (Å²) < 4.78 is 5.66. The normalized spacial score (nSPS) is 12.0. The molecule has 0 spiro atoms. The molecular formula is C17H25NO4. The Morgan fingerprint density at radius 2 is 1.77 bits per heavy atom. The van der Waals surface area contributed by atoms with Crippen LogP contribution in [0.5, 0.6) is 5.75 Å². The summed E-state index contributed by atoms with van der Waals surface area (Å²) in [5.74, 6) is -0.192. The van der Waals surface area contributed by atoms with Crippen molar-refractivity contribution in [3.05, 3.63) is 29.8 Å². The molecule has 1 unspecified atom stereocenters. The molecule has 0 aliphatic rings. The van der Waals surface area contributed by atoms with Crippen molar-refractivity contribution in [3.63, 3.8) is 0 Å². The number of hydrogen-bond donors (Lipinski definition) is 1. The average Bonchev–Trinajstić information content (AvgIpc) is 2.44. The van der Waals surface area contributed by atoms with Crippen molar-refractivity contribution < 1.29 is 19.4 Å². The van der Waals surface area contributed by atoms with Gasteiger partial charge in [-0.1, -0.05) is 31.5 Å². The lowest BCUT2D eigenvalue weighted by Crippen LogP contribution is -2.43. The van der Waals surface area contributed by atoms with E-state index in [-0.39, 0.29) is 24.8 Å². The van der Waals surface area contributed by atoms with E-state index < -0.39 is 12.1 Å². The highest BCUT2D eigenvalue weighted by molar-refractivity contribution is 5.81. The van der Waals surface area contributed by atoms with Crippen LogP contribution in [0.4, 0.5) is 0 Å². The van der Waals surface area contributed by atoms with Crippen LogP contribution in [0, 0.1) is 12.8 Å². The summed E-state index contributed by atoms with van der Waals surface area (Å²) >= 11 is 0. The van der Waals surface area contributed by atoms with Gasteiger partial charge in [-0.3, -0.25) is 9.59 Å². The second-order valence-corrected chi connectivity index (χ2v) is 5.89. The molecule has 0 aliphatic carbocycles. The van der Waals surface area contributed by atoms with Crippen molar-refractivity contribution in [2.45, 2.75) is 40.2 Å². The van der Waals surface area contributed by atoms with Crippen molar-refractivity contribution >= 4 is 11.9 Å². The lowest BCUT2D eigenvalue weighted by Gasteiger charge is -2.27. The van der Waals surface area contributed by atoms with Crippen LogP contribution in [-0.4, -0.2) is 41.1 Å². The van der Waals surface area contributed by atoms with E-state index in [0.717, 1.165) is 5.56 Å². The Bertz CT molecular complexity index is 496. The number of aryl methyl sites for hydroxylation is 1. The fraction of sp³-hybridized carbons (Fsp3) is 0.529. The molecule has 1 amide bonds. The number of hydrogen-bond acceptors (Lipinski definition) is 3. The van der Waals surface area contributed by atoms with E-state index in [1.807, 2.05) is 45.0 Å². The molecule has 0 fully saturated rings. The highest BCUT2D eigenvalue weighted by Gasteiger charge is 2.23. The summed E-state index contributed by atoms with van der Waals surface area (Å²) in [5, 5.41) is 8.81. The summed E-state index contributed by atoms with van der Waals surface area (Å²) in [6.07, 6.45) is -0.703. The van der Waals surface area contributed by atoms with Crippen LogP contribution in [0.3, 0.4) is 0 Å². The molecule has 5 nitrogen and oxygen atoms in total. The lowest BCUT2D eigenvalue weighted by molar-refractivity contribution is -0.141. The Morgan fingerprint density at radius 3 is 2.27 bits per heavy atom. The van der Waals surface area contributed by atoms with Crippen LogP contribution in [0.2, 0.25) is 0 Å². The number of carbonyl (C=O) groups is 2. The van der Waals surface area contributed by atoms with Crippen molar-refractivity contribution in [2.75, 3.05) is 13.1 Å². The molecule has 0 saturated heterocycles. The van der Waals surface area contributed by atoms with Crippen molar-refractivity contribution in [1.82, 2.24) is 4.90 Å². The molecule has 1 N–H and O–H groups in total. The number of benzene rings is 1. The molecule has 0 aliphatic heterocycles. The summed E-state index contributed by atoms with van der Waals surface area (Å²) in [6.45, 7) is 8.38. The minimum Gasteiger partial charge on any atom is -0.481 e. The quantitative estimate of drug-likeness (QED) is 0.802. The predicted octanol–water partition coefficient (Wildman–Crippen LogP) is 2.72. The Kier molecular flexibility index (Phi) is 6.89. The van der Waals surface area contributed by atoms with E-state index in [9.17, 15) is 9.59 Å². The molecule has 1 aromatic carbocycles. The third kappa shape index (κ3) is 6.16. The molecule has 0 radical (unpaired) electrons. The molecule has 0 bridgehead atoms. The number of carboxylic acid groups (broad SMARTS) is 1. The SMILES string of the molecule is Cc1ccc(OC(C)C(=O)N(CCC(=O)O)CC(C)C)cc1. The van der Waals surface area contributed by atoms with Crippen LogP contribution in [0.15, 0.2) is 24.3 Å². The lowest BCUT2D eigenvalue weighted by atomic mass is 10.2. The van der Waals surface area contributed by atoms with Gasteiger partial charge in [0.2, 0.25) is 0 Å². The van der Waals surface area contributed by atoms with Crippen LogP contribution in [0.25, 0.3) is 0 Å². The van der Waals surface area contributed by atoms with Crippen LogP contribution >= 0.6 is 0 Å². The standard InChI is InChI=1S/C17H25NO4/c1-12(2)11-18(10-9-16(19)20)17(21)14(4)22-15-7-5-13(3)6-8-15/h5-8,12,14H,9-11H2,1-4H3,(H,19,20). The maximum absolute atomic E-state index is 12.5. The van der Waals surface area contributed by atoms with Crippen LogP contribution in [-0.2, 0) is 9.59 Å². The first-order chi connectivity index (χ1) is 10.3. The highest BCUT2D eigenvalue weighted by atomic mass is 16.5. The van der Waals surface area contributed by atoms with Gasteiger partial charge in [0.25, 0.3) is 5.91 Å². The molecular weight excluding hydrogens is 282 g/mol. The molecule has 0 saturated carbocycles. The first kappa shape index (κ1) is 18.0. The number of ether oxygens (including phenoxy) is 1. The predicted molar refractivity (Wildman–Crippen MR) is 84.9 cm³/mol. The molecule has 0 aromatic heterocycles. The fourth-order valence-electron chi connectivity index (χ4n) is 2.09. The van der Waals surface area contributed by atoms with Crippen LogP contribution in [0.1, 0.15) is 32.8 Å². The van der Waals surface area contributed by atoms with Crippen molar-refractivity contribution in [1.29, 1.82) is 0 Å². The minimum atomic E-state index is -0.909. The Balaban J connectivity index is 2.69. The van der Waals surface area contributed by atoms with E-state index in [1.165, 1.54) is 0 Å². The minimum absolute atomic E-state index is 0.0598. The number of rotatable bonds is 8.